The number of hydrogen-bond acceptors (Lipinski definition) is 3. The third-order valence-electron chi connectivity index (χ3n) is 3.37. The van der Waals surface area contributed by atoms with Crippen molar-refractivity contribution in [1.29, 1.82) is 0 Å². The van der Waals surface area contributed by atoms with Crippen LogP contribution < -0.4 is 10.0 Å². The number of hydrogen-bond donors (Lipinski definition) is 1. The molecule has 2 aromatic rings. The van der Waals surface area contributed by atoms with Gasteiger partial charge < -0.3 is 5.73 Å². The molecule has 2 rings (SSSR count). The highest BCUT2D eigenvalue weighted by atomic mass is 32.2. The van der Waals surface area contributed by atoms with E-state index in [1.54, 1.807) is 38.2 Å². The molecule has 0 atom stereocenters. The summed E-state index contributed by atoms with van der Waals surface area (Å²) in [6.45, 7) is 2.11. The Hall–Kier alpha value is -1.85. The summed E-state index contributed by atoms with van der Waals surface area (Å²) in [6.07, 6.45) is 0. The number of nitrogens with two attached hydrogens (primary N) is 1. The first-order chi connectivity index (χ1) is 9.48. The van der Waals surface area contributed by atoms with Gasteiger partial charge in [0.1, 0.15) is 0 Å². The Kier molecular flexibility index (Phi) is 4.11. The molecule has 20 heavy (non-hydrogen) atoms. The maximum Gasteiger partial charge on any atom is 0.264 e. The van der Waals surface area contributed by atoms with Gasteiger partial charge in [-0.3, -0.25) is 4.31 Å². The Morgan fingerprint density at radius 2 is 1.70 bits per heavy atom. The molecule has 0 radical (unpaired) electrons. The summed E-state index contributed by atoms with van der Waals surface area (Å²) < 4.78 is 26.7. The van der Waals surface area contributed by atoms with E-state index in [4.69, 9.17) is 5.73 Å². The summed E-state index contributed by atoms with van der Waals surface area (Å²) in [5.74, 6) is 0. The predicted molar refractivity (Wildman–Crippen MR) is 81.1 cm³/mol. The van der Waals surface area contributed by atoms with E-state index in [9.17, 15) is 8.42 Å². The second-order valence-corrected chi connectivity index (χ2v) is 6.49. The first kappa shape index (κ1) is 14.6. The van der Waals surface area contributed by atoms with Gasteiger partial charge in [-0.05, 0) is 36.2 Å². The van der Waals surface area contributed by atoms with E-state index in [1.807, 2.05) is 24.3 Å². The molecule has 0 saturated heterocycles. The Bertz CT molecular complexity index is 697. The van der Waals surface area contributed by atoms with E-state index in [0.29, 0.717) is 22.7 Å². The van der Waals surface area contributed by atoms with E-state index < -0.39 is 10.0 Å². The maximum absolute atomic E-state index is 12.7. The Labute approximate surface area is 119 Å². The van der Waals surface area contributed by atoms with Gasteiger partial charge in [0.15, 0.2) is 0 Å². The van der Waals surface area contributed by atoms with Crippen molar-refractivity contribution in [1.82, 2.24) is 0 Å². The molecule has 0 saturated carbocycles. The summed E-state index contributed by atoms with van der Waals surface area (Å²) in [6, 6.07) is 14.2. The van der Waals surface area contributed by atoms with Crippen molar-refractivity contribution in [3.05, 3.63) is 59.7 Å². The van der Waals surface area contributed by atoms with Crippen molar-refractivity contribution in [2.24, 2.45) is 5.73 Å². The average Bonchev–Trinajstić information content (AvgIpc) is 2.47. The molecule has 2 N–H and O–H groups in total. The van der Waals surface area contributed by atoms with E-state index in [-0.39, 0.29) is 0 Å². The minimum Gasteiger partial charge on any atom is -0.326 e. The van der Waals surface area contributed by atoms with E-state index in [0.717, 1.165) is 5.56 Å². The van der Waals surface area contributed by atoms with E-state index in [2.05, 4.69) is 0 Å². The number of sulfonamides is 1. The van der Waals surface area contributed by atoms with Crippen LogP contribution in [0.25, 0.3) is 0 Å². The van der Waals surface area contributed by atoms with Gasteiger partial charge in [0.25, 0.3) is 10.0 Å². The van der Waals surface area contributed by atoms with Gasteiger partial charge in [0.05, 0.1) is 10.6 Å². The first-order valence-electron chi connectivity index (χ1n) is 6.31. The summed E-state index contributed by atoms with van der Waals surface area (Å²) >= 11 is 0. The van der Waals surface area contributed by atoms with Crippen LogP contribution in [0.4, 0.5) is 5.69 Å². The summed E-state index contributed by atoms with van der Waals surface area (Å²) in [5.41, 5.74) is 7.82. The monoisotopic (exact) mass is 290 g/mol. The van der Waals surface area contributed by atoms with Gasteiger partial charge >= 0.3 is 0 Å². The SMILES string of the molecule is Cc1c(CN)cccc1S(=O)(=O)N(C)c1ccccc1. The molecule has 4 nitrogen and oxygen atoms in total. The summed E-state index contributed by atoms with van der Waals surface area (Å²) in [5, 5.41) is 0. The first-order valence-corrected chi connectivity index (χ1v) is 7.75. The Morgan fingerprint density at radius 1 is 1.05 bits per heavy atom. The lowest BCUT2D eigenvalue weighted by atomic mass is 10.1. The lowest BCUT2D eigenvalue weighted by molar-refractivity contribution is 0.593. The molecular formula is C15H18N2O2S. The van der Waals surface area contributed by atoms with Gasteiger partial charge in [0, 0.05) is 13.6 Å². The zero-order valence-corrected chi connectivity index (χ0v) is 12.4. The van der Waals surface area contributed by atoms with Crippen LogP contribution in [-0.4, -0.2) is 15.5 Å². The maximum atomic E-state index is 12.7. The van der Waals surface area contributed by atoms with Crippen molar-refractivity contribution in [3.8, 4) is 0 Å². The molecule has 5 heteroatoms. The van der Waals surface area contributed by atoms with Crippen LogP contribution in [0, 0.1) is 6.92 Å². The molecule has 0 amide bonds. The summed E-state index contributed by atoms with van der Waals surface area (Å²) in [4.78, 5) is 0.298. The van der Waals surface area contributed by atoms with Gasteiger partial charge in [-0.15, -0.1) is 0 Å². The third-order valence-corrected chi connectivity index (χ3v) is 5.30. The highest BCUT2D eigenvalue weighted by Crippen LogP contribution is 2.25. The number of anilines is 1. The standard InChI is InChI=1S/C15H18N2O2S/c1-12-13(11-16)7-6-10-15(12)20(18,19)17(2)14-8-4-3-5-9-14/h3-10H,11,16H2,1-2H3. The Morgan fingerprint density at radius 3 is 2.30 bits per heavy atom. The average molecular weight is 290 g/mol. The normalized spacial score (nSPS) is 11.3. The molecule has 2 aromatic carbocycles. The van der Waals surface area contributed by atoms with Crippen molar-refractivity contribution in [2.75, 3.05) is 11.4 Å². The number of para-hydroxylation sites is 1. The molecule has 0 aliphatic carbocycles. The van der Waals surface area contributed by atoms with Crippen molar-refractivity contribution in [2.45, 2.75) is 18.4 Å². The molecule has 0 aromatic heterocycles. The second-order valence-electron chi connectivity index (χ2n) is 4.55. The molecule has 0 bridgehead atoms. The fraction of sp³-hybridized carbons (Fsp3) is 0.200. The van der Waals surface area contributed by atoms with Crippen LogP contribution in [0.5, 0.6) is 0 Å². The fourth-order valence-corrected chi connectivity index (χ4v) is 3.55. The van der Waals surface area contributed by atoms with E-state index >= 15 is 0 Å². The summed E-state index contributed by atoms with van der Waals surface area (Å²) in [7, 11) is -2.02. The Balaban J connectivity index is 2.51. The highest BCUT2D eigenvalue weighted by Gasteiger charge is 2.23. The highest BCUT2D eigenvalue weighted by molar-refractivity contribution is 7.92. The zero-order valence-electron chi connectivity index (χ0n) is 11.6. The molecule has 0 aliphatic rings. The van der Waals surface area contributed by atoms with Crippen LogP contribution in [-0.2, 0) is 16.6 Å². The molecule has 0 unspecified atom stereocenters. The van der Waals surface area contributed by atoms with E-state index in [1.165, 1.54) is 4.31 Å². The molecule has 0 heterocycles. The smallest absolute Gasteiger partial charge is 0.264 e. The van der Waals surface area contributed by atoms with Crippen LogP contribution >= 0.6 is 0 Å². The molecule has 106 valence electrons. The largest absolute Gasteiger partial charge is 0.326 e. The van der Waals surface area contributed by atoms with Crippen molar-refractivity contribution < 1.29 is 8.42 Å². The van der Waals surface area contributed by atoms with Gasteiger partial charge in [-0.2, -0.15) is 0 Å². The minimum absolute atomic E-state index is 0.298. The topological polar surface area (TPSA) is 63.4 Å². The van der Waals surface area contributed by atoms with Crippen LogP contribution in [0.3, 0.4) is 0 Å². The third kappa shape index (κ3) is 2.55. The number of rotatable bonds is 4. The van der Waals surface area contributed by atoms with Crippen LogP contribution in [0.2, 0.25) is 0 Å². The van der Waals surface area contributed by atoms with Gasteiger partial charge in [0.2, 0.25) is 0 Å². The quantitative estimate of drug-likeness (QED) is 0.939. The minimum atomic E-state index is -3.58. The van der Waals surface area contributed by atoms with Crippen molar-refractivity contribution in [3.63, 3.8) is 0 Å². The molecule has 0 fully saturated rings. The molecule has 0 spiro atoms. The number of benzene rings is 2. The van der Waals surface area contributed by atoms with Gasteiger partial charge in [-0.25, -0.2) is 8.42 Å². The van der Waals surface area contributed by atoms with Crippen molar-refractivity contribution >= 4 is 15.7 Å². The second kappa shape index (κ2) is 5.64. The fourth-order valence-electron chi connectivity index (χ4n) is 2.08. The van der Waals surface area contributed by atoms with Gasteiger partial charge in [-0.1, -0.05) is 30.3 Å². The zero-order chi connectivity index (χ0) is 14.8. The predicted octanol–water partition coefficient (Wildman–Crippen LogP) is 2.28. The van der Waals surface area contributed by atoms with Crippen LogP contribution in [0.1, 0.15) is 11.1 Å². The lowest BCUT2D eigenvalue weighted by Crippen LogP contribution is -2.27. The molecule has 0 aliphatic heterocycles. The number of nitrogens with zero attached hydrogens (tertiary/aromatic N) is 1. The van der Waals surface area contributed by atoms with Crippen LogP contribution in [0.15, 0.2) is 53.4 Å². The molecular weight excluding hydrogens is 272 g/mol. The lowest BCUT2D eigenvalue weighted by Gasteiger charge is -2.21.